The molecule has 1 aromatic rings. The number of amides is 1. The van der Waals surface area contributed by atoms with Crippen LogP contribution in [0.4, 0.5) is 5.69 Å². The van der Waals surface area contributed by atoms with Gasteiger partial charge in [-0.25, -0.2) is 0 Å². The highest BCUT2D eigenvalue weighted by atomic mass is 35.5. The predicted octanol–water partition coefficient (Wildman–Crippen LogP) is 2.33. The van der Waals surface area contributed by atoms with E-state index in [1.165, 1.54) is 0 Å². The maximum Gasteiger partial charge on any atom is 0.228 e. The molecule has 1 saturated heterocycles. The molecule has 0 aliphatic carbocycles. The van der Waals surface area contributed by atoms with Crippen LogP contribution in [0, 0.1) is 18.3 Å². The molecule has 0 aromatic heterocycles. The number of hydrogen-bond acceptors (Lipinski definition) is 2. The minimum Gasteiger partial charge on any atom is -0.495 e. The summed E-state index contributed by atoms with van der Waals surface area (Å²) in [5.41, 5.74) is 0.683. The molecule has 1 unspecified atom stereocenters. The lowest BCUT2D eigenvalue weighted by Crippen LogP contribution is -2.24. The van der Waals surface area contributed by atoms with Crippen LogP contribution in [0.3, 0.4) is 0 Å². The van der Waals surface area contributed by atoms with Crippen molar-refractivity contribution in [2.24, 2.45) is 5.92 Å². The molecule has 0 N–H and O–H groups in total. The van der Waals surface area contributed by atoms with Gasteiger partial charge >= 0.3 is 0 Å². The van der Waals surface area contributed by atoms with Gasteiger partial charge in [0.2, 0.25) is 5.91 Å². The highest BCUT2D eigenvalue weighted by molar-refractivity contribution is 6.31. The molecule has 17 heavy (non-hydrogen) atoms. The van der Waals surface area contributed by atoms with E-state index in [4.69, 9.17) is 22.8 Å². The second-order valence-electron chi connectivity index (χ2n) is 3.89. The van der Waals surface area contributed by atoms with Gasteiger partial charge in [0.25, 0.3) is 0 Å². The number of hydrogen-bond donors (Lipinski definition) is 0. The molecule has 0 spiro atoms. The molecule has 2 rings (SSSR count). The van der Waals surface area contributed by atoms with Gasteiger partial charge in [-0.1, -0.05) is 11.6 Å². The number of carbonyl (C=O) groups excluding carboxylic acids is 1. The zero-order valence-corrected chi connectivity index (χ0v) is 10.2. The topological polar surface area (TPSA) is 29.5 Å². The Balaban J connectivity index is 2.37. The molecule has 1 aromatic carbocycles. The lowest BCUT2D eigenvalue weighted by molar-refractivity contribution is -0.117. The summed E-state index contributed by atoms with van der Waals surface area (Å²) in [5.74, 6) is 3.21. The van der Waals surface area contributed by atoms with E-state index in [0.29, 0.717) is 29.4 Å². The summed E-state index contributed by atoms with van der Waals surface area (Å²) in [7, 11) is 1.56. The van der Waals surface area contributed by atoms with E-state index in [2.05, 4.69) is 5.92 Å². The van der Waals surface area contributed by atoms with E-state index in [9.17, 15) is 4.79 Å². The third-order valence-corrected chi connectivity index (χ3v) is 3.03. The predicted molar refractivity (Wildman–Crippen MR) is 67.3 cm³/mol. The first-order valence-electron chi connectivity index (χ1n) is 5.25. The van der Waals surface area contributed by atoms with Crippen LogP contribution >= 0.6 is 11.6 Å². The Morgan fingerprint density at radius 1 is 1.59 bits per heavy atom. The molecule has 1 atom stereocenters. The Morgan fingerprint density at radius 2 is 2.35 bits per heavy atom. The zero-order valence-electron chi connectivity index (χ0n) is 9.44. The van der Waals surface area contributed by atoms with E-state index in [0.717, 1.165) is 0 Å². The second-order valence-corrected chi connectivity index (χ2v) is 4.32. The van der Waals surface area contributed by atoms with Gasteiger partial charge in [-0.3, -0.25) is 4.79 Å². The second kappa shape index (κ2) is 4.68. The molecule has 1 fully saturated rings. The summed E-state index contributed by atoms with van der Waals surface area (Å²) >= 11 is 5.94. The van der Waals surface area contributed by atoms with E-state index in [1.54, 1.807) is 30.2 Å². The van der Waals surface area contributed by atoms with Gasteiger partial charge in [-0.15, -0.1) is 12.3 Å². The Hall–Kier alpha value is -1.66. The van der Waals surface area contributed by atoms with E-state index in [-0.39, 0.29) is 11.8 Å². The van der Waals surface area contributed by atoms with Crippen LogP contribution in [0.1, 0.15) is 6.42 Å². The number of terminal acetylenes is 1. The van der Waals surface area contributed by atoms with Crippen LogP contribution < -0.4 is 9.64 Å². The molecular formula is C13H12ClNO2. The Morgan fingerprint density at radius 3 is 2.94 bits per heavy atom. The number of benzene rings is 1. The Labute approximate surface area is 105 Å². The molecule has 0 bridgehead atoms. The maximum absolute atomic E-state index is 11.9. The Bertz CT molecular complexity index is 493. The van der Waals surface area contributed by atoms with Crippen molar-refractivity contribution in [1.29, 1.82) is 0 Å². The van der Waals surface area contributed by atoms with Gasteiger partial charge in [0, 0.05) is 23.9 Å². The SMILES string of the molecule is C#CC1CC(=O)N(c2cc(Cl)ccc2OC)C1. The number of methoxy groups -OCH3 is 1. The molecule has 88 valence electrons. The summed E-state index contributed by atoms with van der Waals surface area (Å²) < 4.78 is 5.23. The van der Waals surface area contributed by atoms with Gasteiger partial charge in [0.15, 0.2) is 0 Å². The van der Waals surface area contributed by atoms with Crippen molar-refractivity contribution >= 4 is 23.2 Å². The van der Waals surface area contributed by atoms with Crippen LogP contribution in [0.5, 0.6) is 5.75 Å². The lowest BCUT2D eigenvalue weighted by atomic mass is 10.1. The minimum absolute atomic E-state index is 0.00789. The molecule has 1 aliphatic heterocycles. The fourth-order valence-corrected chi connectivity index (χ4v) is 2.09. The average molecular weight is 250 g/mol. The number of rotatable bonds is 2. The van der Waals surface area contributed by atoms with Crippen molar-refractivity contribution in [3.8, 4) is 18.1 Å². The van der Waals surface area contributed by atoms with Crippen LogP contribution in [0.15, 0.2) is 18.2 Å². The van der Waals surface area contributed by atoms with Crippen molar-refractivity contribution in [2.75, 3.05) is 18.6 Å². The van der Waals surface area contributed by atoms with Crippen molar-refractivity contribution in [2.45, 2.75) is 6.42 Å². The molecule has 3 nitrogen and oxygen atoms in total. The monoisotopic (exact) mass is 249 g/mol. The van der Waals surface area contributed by atoms with Gasteiger partial charge < -0.3 is 9.64 Å². The van der Waals surface area contributed by atoms with E-state index in [1.807, 2.05) is 0 Å². The van der Waals surface area contributed by atoms with Crippen LogP contribution in [0.2, 0.25) is 5.02 Å². The van der Waals surface area contributed by atoms with Crippen LogP contribution in [-0.2, 0) is 4.79 Å². The van der Waals surface area contributed by atoms with Crippen molar-refractivity contribution in [3.63, 3.8) is 0 Å². The summed E-state index contributed by atoms with van der Waals surface area (Å²) in [5, 5.41) is 0.567. The summed E-state index contributed by atoms with van der Waals surface area (Å²) in [6, 6.07) is 5.19. The number of nitrogens with zero attached hydrogens (tertiary/aromatic N) is 1. The van der Waals surface area contributed by atoms with Crippen LogP contribution in [-0.4, -0.2) is 19.6 Å². The van der Waals surface area contributed by atoms with E-state index < -0.39 is 0 Å². The van der Waals surface area contributed by atoms with Gasteiger partial charge in [-0.05, 0) is 18.2 Å². The third-order valence-electron chi connectivity index (χ3n) is 2.79. The number of carbonyl (C=O) groups is 1. The van der Waals surface area contributed by atoms with Crippen LogP contribution in [0.25, 0.3) is 0 Å². The largest absolute Gasteiger partial charge is 0.495 e. The van der Waals surface area contributed by atoms with Gasteiger partial charge in [0.05, 0.1) is 12.8 Å². The maximum atomic E-state index is 11.9. The number of anilines is 1. The van der Waals surface area contributed by atoms with Crippen molar-refractivity contribution < 1.29 is 9.53 Å². The molecule has 1 amide bonds. The molecular weight excluding hydrogens is 238 g/mol. The first kappa shape index (κ1) is 11.8. The van der Waals surface area contributed by atoms with Crippen molar-refractivity contribution in [1.82, 2.24) is 0 Å². The highest BCUT2D eigenvalue weighted by Gasteiger charge is 2.31. The first-order chi connectivity index (χ1) is 8.15. The molecule has 1 aliphatic rings. The zero-order chi connectivity index (χ0) is 12.4. The first-order valence-corrected chi connectivity index (χ1v) is 5.63. The summed E-state index contributed by atoms with van der Waals surface area (Å²) in [6.45, 7) is 0.520. The van der Waals surface area contributed by atoms with Crippen molar-refractivity contribution in [3.05, 3.63) is 23.2 Å². The standard InChI is InChI=1S/C13H12ClNO2/c1-3-9-6-13(16)15(8-9)11-7-10(14)4-5-12(11)17-2/h1,4-5,7,9H,6,8H2,2H3. The van der Waals surface area contributed by atoms with Gasteiger partial charge in [-0.2, -0.15) is 0 Å². The highest BCUT2D eigenvalue weighted by Crippen LogP contribution is 2.34. The Kier molecular flexibility index (Phi) is 3.26. The molecule has 4 heteroatoms. The number of halogens is 1. The number of ether oxygens (including phenoxy) is 1. The molecule has 1 heterocycles. The summed E-state index contributed by atoms with van der Waals surface area (Å²) in [4.78, 5) is 13.5. The van der Waals surface area contributed by atoms with Gasteiger partial charge in [0.1, 0.15) is 5.75 Å². The third kappa shape index (κ3) is 2.22. The normalized spacial score (nSPS) is 19.2. The minimum atomic E-state index is -0.0359. The fraction of sp³-hybridized carbons (Fsp3) is 0.308. The average Bonchev–Trinajstić information content (AvgIpc) is 2.70. The fourth-order valence-electron chi connectivity index (χ4n) is 1.93. The molecule has 0 saturated carbocycles. The lowest BCUT2D eigenvalue weighted by Gasteiger charge is -2.19. The summed E-state index contributed by atoms with van der Waals surface area (Å²) in [6.07, 6.45) is 5.73. The van der Waals surface area contributed by atoms with E-state index >= 15 is 0 Å². The molecule has 0 radical (unpaired) electrons. The smallest absolute Gasteiger partial charge is 0.228 e. The quantitative estimate of drug-likeness (QED) is 0.753.